The molecule has 0 bridgehead atoms. The molecule has 8 rings (SSSR count). The van der Waals surface area contributed by atoms with Crippen molar-refractivity contribution >= 4 is 11.9 Å². The summed E-state index contributed by atoms with van der Waals surface area (Å²) in [6.07, 6.45) is -16.4. The van der Waals surface area contributed by atoms with E-state index in [0.29, 0.717) is 25.7 Å². The minimum Gasteiger partial charge on any atom is -0.479 e. The number of rotatable bonds is 9. The SMILES string of the molecule is CC1(C)CC[C@]2(C(=O)O[C@H]3O[C@@H](CO)[C@H](O)[C@@H](O)[C@@H]3O)CC[C@]3(C)C(=CC[C@@H]4[C@@]5(C)CC[C@H](O[C@@H]6O[C@H](C(=O)O)[C@@H](O)[C@H](O[C@@H]7O[C@@H](CO)[C@H](O)[C@H](O)[C@@H]7O)[C@@H]6O)C(C)(C)[C@@H]5CC[C@]43C)[C@@H]2C1. The van der Waals surface area contributed by atoms with Crippen molar-refractivity contribution in [2.45, 2.75) is 211 Å². The molecule has 0 spiro atoms. The monoisotopic (exact) mass is 956 g/mol. The van der Waals surface area contributed by atoms with Gasteiger partial charge >= 0.3 is 11.9 Å². The molecule has 0 amide bonds. The Labute approximate surface area is 391 Å². The van der Waals surface area contributed by atoms with E-state index >= 15 is 0 Å². The Kier molecular flexibility index (Phi) is 13.8. The molecule has 3 heterocycles. The van der Waals surface area contributed by atoms with Crippen LogP contribution in [0.4, 0.5) is 0 Å². The summed E-state index contributed by atoms with van der Waals surface area (Å²) in [5.74, 6) is -1.91. The second-order valence-electron chi connectivity index (χ2n) is 23.5. The third-order valence-corrected chi connectivity index (χ3v) is 19.3. The standard InChI is InChI=1S/C48H76O19/c1-43(2)14-16-48(42(61)67-40-33(56)31(54)29(52)24(20-50)63-40)17-15-46(6)21(22(48)18-43)8-9-26-45(5)12-11-27(44(3,4)25(45)10-13-47(26,46)7)64-41-35(58)36(34(57)37(66-41)38(59)60)65-39-32(55)30(53)28(51)23(19-49)62-39/h8,22-37,39-41,49-58H,9-20H2,1-7H3,(H,59,60)/t22-,23-,24-,25-,26+,27-,28-,29-,30-,31+,32-,33-,34-,35-,36-,37-,39-,40+,41+,45-,46+,47+,48-/m0/s1. The Hall–Kier alpha value is -1.92. The van der Waals surface area contributed by atoms with Crippen molar-refractivity contribution in [3.8, 4) is 0 Å². The molecule has 0 radical (unpaired) electrons. The first-order valence-corrected chi connectivity index (χ1v) is 24.3. The van der Waals surface area contributed by atoms with Gasteiger partial charge in [0.05, 0.1) is 24.7 Å². The summed E-state index contributed by atoms with van der Waals surface area (Å²) in [4.78, 5) is 27.1. The summed E-state index contributed by atoms with van der Waals surface area (Å²) in [5, 5.41) is 115. The fourth-order valence-corrected chi connectivity index (χ4v) is 15.0. The summed E-state index contributed by atoms with van der Waals surface area (Å²) < 4.78 is 35.2. The van der Waals surface area contributed by atoms with Crippen LogP contribution in [0, 0.1) is 50.2 Å². The van der Waals surface area contributed by atoms with Gasteiger partial charge in [0.25, 0.3) is 0 Å². The Morgan fingerprint density at radius 2 is 1.22 bits per heavy atom. The van der Waals surface area contributed by atoms with Crippen molar-refractivity contribution in [2.24, 2.45) is 50.2 Å². The summed E-state index contributed by atoms with van der Waals surface area (Å²) >= 11 is 0. The molecular weight excluding hydrogens is 881 g/mol. The van der Waals surface area contributed by atoms with Crippen molar-refractivity contribution in [2.75, 3.05) is 13.2 Å². The summed E-state index contributed by atoms with van der Waals surface area (Å²) in [6.45, 7) is 14.4. The summed E-state index contributed by atoms with van der Waals surface area (Å²) in [5.41, 5.74) is -0.975. The summed E-state index contributed by atoms with van der Waals surface area (Å²) in [7, 11) is 0. The van der Waals surface area contributed by atoms with Gasteiger partial charge in [-0.3, -0.25) is 4.79 Å². The van der Waals surface area contributed by atoms with E-state index in [1.54, 1.807) is 0 Å². The van der Waals surface area contributed by atoms with Gasteiger partial charge in [-0.2, -0.15) is 0 Å². The molecule has 5 aliphatic carbocycles. The third kappa shape index (κ3) is 8.06. The predicted octanol–water partition coefficient (Wildman–Crippen LogP) is 0.233. The van der Waals surface area contributed by atoms with Crippen LogP contribution >= 0.6 is 0 Å². The molecule has 7 fully saturated rings. The average Bonchev–Trinajstić information content (AvgIpc) is 3.26. The van der Waals surface area contributed by atoms with Crippen LogP contribution in [-0.4, -0.2) is 180 Å². The number of esters is 1. The molecule has 4 saturated carbocycles. The zero-order valence-electron chi connectivity index (χ0n) is 39.7. The normalized spacial score (nSPS) is 52.6. The molecule has 0 aromatic heterocycles. The van der Waals surface area contributed by atoms with E-state index in [9.17, 15) is 65.8 Å². The van der Waals surface area contributed by atoms with Crippen LogP contribution in [0.1, 0.15) is 113 Å². The lowest BCUT2D eigenvalue weighted by atomic mass is 9.33. The van der Waals surface area contributed by atoms with Gasteiger partial charge in [-0.25, -0.2) is 4.79 Å². The lowest BCUT2D eigenvalue weighted by Gasteiger charge is -2.71. The highest BCUT2D eigenvalue weighted by molar-refractivity contribution is 5.79. The molecule has 382 valence electrons. The Morgan fingerprint density at radius 3 is 1.84 bits per heavy atom. The minimum absolute atomic E-state index is 0.0786. The largest absolute Gasteiger partial charge is 0.479 e. The number of carbonyl (C=O) groups is 2. The molecule has 19 heteroatoms. The van der Waals surface area contributed by atoms with Crippen LogP contribution in [0.2, 0.25) is 0 Å². The molecule has 8 aliphatic rings. The van der Waals surface area contributed by atoms with Crippen LogP contribution < -0.4 is 0 Å². The number of hydrogen-bond donors (Lipinski definition) is 11. The predicted molar refractivity (Wildman–Crippen MR) is 231 cm³/mol. The molecule has 3 aliphatic heterocycles. The van der Waals surface area contributed by atoms with Crippen molar-refractivity contribution in [3.05, 3.63) is 11.6 Å². The zero-order chi connectivity index (χ0) is 49.1. The van der Waals surface area contributed by atoms with Crippen LogP contribution in [-0.2, 0) is 38.0 Å². The maximum atomic E-state index is 14.7. The lowest BCUT2D eigenvalue weighted by molar-refractivity contribution is -0.365. The van der Waals surface area contributed by atoms with Crippen LogP contribution in [0.5, 0.6) is 0 Å². The number of ether oxygens (including phenoxy) is 6. The molecule has 67 heavy (non-hydrogen) atoms. The van der Waals surface area contributed by atoms with Crippen molar-refractivity contribution in [3.63, 3.8) is 0 Å². The van der Waals surface area contributed by atoms with Gasteiger partial charge in [0, 0.05) is 0 Å². The number of carboxylic acid groups (broad SMARTS) is 1. The number of aliphatic hydroxyl groups excluding tert-OH is 10. The molecular formula is C48H76O19. The van der Waals surface area contributed by atoms with E-state index in [4.69, 9.17) is 28.4 Å². The number of aliphatic hydroxyl groups is 10. The van der Waals surface area contributed by atoms with Crippen molar-refractivity contribution in [1.82, 2.24) is 0 Å². The molecule has 0 aromatic rings. The van der Waals surface area contributed by atoms with Gasteiger partial charge in [0.1, 0.15) is 67.1 Å². The first kappa shape index (κ1) is 51.4. The smallest absolute Gasteiger partial charge is 0.335 e. The number of allylic oxidation sites excluding steroid dienone is 2. The molecule has 0 unspecified atom stereocenters. The average molecular weight is 957 g/mol. The van der Waals surface area contributed by atoms with Gasteiger partial charge in [0.15, 0.2) is 18.7 Å². The van der Waals surface area contributed by atoms with Gasteiger partial charge in [0.2, 0.25) is 6.29 Å². The number of hydrogen-bond acceptors (Lipinski definition) is 18. The highest BCUT2D eigenvalue weighted by atomic mass is 16.7. The second-order valence-corrected chi connectivity index (χ2v) is 23.5. The minimum atomic E-state index is -1.97. The van der Waals surface area contributed by atoms with Crippen molar-refractivity contribution in [1.29, 1.82) is 0 Å². The maximum Gasteiger partial charge on any atom is 0.335 e. The fourth-order valence-electron chi connectivity index (χ4n) is 15.0. The van der Waals surface area contributed by atoms with E-state index in [2.05, 4.69) is 54.5 Å². The van der Waals surface area contributed by atoms with Crippen LogP contribution in [0.25, 0.3) is 0 Å². The molecule has 23 atom stereocenters. The Morgan fingerprint density at radius 1 is 0.642 bits per heavy atom. The molecule has 19 nitrogen and oxygen atoms in total. The van der Waals surface area contributed by atoms with Gasteiger partial charge in [-0.15, -0.1) is 0 Å². The Balaban J connectivity index is 1.03. The maximum absolute atomic E-state index is 14.7. The van der Waals surface area contributed by atoms with Crippen LogP contribution in [0.3, 0.4) is 0 Å². The third-order valence-electron chi connectivity index (χ3n) is 19.3. The van der Waals surface area contributed by atoms with Crippen molar-refractivity contribution < 1.29 is 94.2 Å². The van der Waals surface area contributed by atoms with E-state index in [0.717, 1.165) is 38.5 Å². The second kappa shape index (κ2) is 18.0. The van der Waals surface area contributed by atoms with E-state index in [1.165, 1.54) is 5.57 Å². The van der Waals surface area contributed by atoms with Gasteiger partial charge in [-0.1, -0.05) is 60.1 Å². The fraction of sp³-hybridized carbons (Fsp3) is 0.917. The number of carbonyl (C=O) groups excluding carboxylic acids is 1. The van der Waals surface area contributed by atoms with Crippen LogP contribution in [0.15, 0.2) is 11.6 Å². The van der Waals surface area contributed by atoms with Gasteiger partial charge in [-0.05, 0) is 109 Å². The summed E-state index contributed by atoms with van der Waals surface area (Å²) in [6, 6.07) is 0. The number of aliphatic carboxylic acids is 1. The first-order valence-electron chi connectivity index (χ1n) is 24.3. The molecule has 11 N–H and O–H groups in total. The molecule has 0 aromatic carbocycles. The number of fused-ring (bicyclic) bond motifs is 7. The topological polar surface area (TPSA) is 312 Å². The highest BCUT2D eigenvalue weighted by Gasteiger charge is 2.70. The lowest BCUT2D eigenvalue weighted by Crippen LogP contribution is -2.67. The quantitative estimate of drug-likeness (QED) is 0.0838. The van der Waals surface area contributed by atoms with Gasteiger partial charge < -0.3 is 84.6 Å². The Bertz CT molecular complexity index is 1870. The van der Waals surface area contributed by atoms with E-state index in [-0.39, 0.29) is 39.4 Å². The zero-order valence-corrected chi connectivity index (χ0v) is 39.7. The van der Waals surface area contributed by atoms with E-state index in [1.807, 2.05) is 0 Å². The molecule has 3 saturated heterocycles. The highest BCUT2D eigenvalue weighted by Crippen LogP contribution is 2.76. The first-order chi connectivity index (χ1) is 31.2. The number of carboxylic acids is 1. The van der Waals surface area contributed by atoms with E-state index < -0.39 is 134 Å².